The molecule has 0 saturated carbocycles. The Balaban J connectivity index is 1.75. The van der Waals surface area contributed by atoms with Crippen molar-refractivity contribution in [2.24, 2.45) is 0 Å². The standard InChI is InChI=1S/C19H22N2O4/c1-13-4-5-14(2)17(12-13)25-11-10-20-19(23)21-16-8-6-15(7-9-16)18(22)24-3/h4-9,12H,10-11H2,1-3H3,(H2,20,21,23). The summed E-state index contributed by atoms with van der Waals surface area (Å²) in [5.41, 5.74) is 3.19. The summed E-state index contributed by atoms with van der Waals surface area (Å²) in [6, 6.07) is 12.1. The van der Waals surface area contributed by atoms with Gasteiger partial charge in [-0.25, -0.2) is 9.59 Å². The number of esters is 1. The van der Waals surface area contributed by atoms with Crippen molar-refractivity contribution in [1.29, 1.82) is 0 Å². The molecule has 0 spiro atoms. The minimum Gasteiger partial charge on any atom is -0.491 e. The summed E-state index contributed by atoms with van der Waals surface area (Å²) in [5, 5.41) is 5.40. The van der Waals surface area contributed by atoms with E-state index in [2.05, 4.69) is 15.4 Å². The van der Waals surface area contributed by atoms with Crippen LogP contribution in [0.5, 0.6) is 5.75 Å². The van der Waals surface area contributed by atoms with Crippen molar-refractivity contribution in [3.8, 4) is 5.75 Å². The second-order valence-corrected chi connectivity index (χ2v) is 5.57. The number of carbonyl (C=O) groups is 2. The third-order valence-electron chi connectivity index (χ3n) is 3.55. The summed E-state index contributed by atoms with van der Waals surface area (Å²) in [7, 11) is 1.32. The minimum atomic E-state index is -0.417. The van der Waals surface area contributed by atoms with Crippen molar-refractivity contribution >= 4 is 17.7 Å². The van der Waals surface area contributed by atoms with E-state index in [0.29, 0.717) is 24.4 Å². The molecule has 2 amide bonds. The van der Waals surface area contributed by atoms with Crippen LogP contribution in [-0.4, -0.2) is 32.3 Å². The molecule has 2 aromatic carbocycles. The van der Waals surface area contributed by atoms with Gasteiger partial charge in [0.15, 0.2) is 0 Å². The zero-order valence-electron chi connectivity index (χ0n) is 14.6. The van der Waals surface area contributed by atoms with E-state index in [1.54, 1.807) is 24.3 Å². The number of anilines is 1. The van der Waals surface area contributed by atoms with Crippen LogP contribution in [0.1, 0.15) is 21.5 Å². The van der Waals surface area contributed by atoms with Crippen LogP contribution in [0.15, 0.2) is 42.5 Å². The van der Waals surface area contributed by atoms with Gasteiger partial charge in [-0.1, -0.05) is 12.1 Å². The molecule has 0 fully saturated rings. The topological polar surface area (TPSA) is 76.7 Å². The van der Waals surface area contributed by atoms with Crippen molar-refractivity contribution in [2.75, 3.05) is 25.6 Å². The monoisotopic (exact) mass is 342 g/mol. The summed E-state index contributed by atoms with van der Waals surface area (Å²) in [6.45, 7) is 4.73. The van der Waals surface area contributed by atoms with Gasteiger partial charge in [0.2, 0.25) is 0 Å². The molecule has 2 aromatic rings. The van der Waals surface area contributed by atoms with Gasteiger partial charge in [0.05, 0.1) is 19.2 Å². The number of ether oxygens (including phenoxy) is 2. The van der Waals surface area contributed by atoms with Gasteiger partial charge in [-0.3, -0.25) is 0 Å². The van der Waals surface area contributed by atoms with E-state index in [1.165, 1.54) is 7.11 Å². The number of aryl methyl sites for hydroxylation is 2. The fraction of sp³-hybridized carbons (Fsp3) is 0.263. The molecule has 0 aromatic heterocycles. The molecule has 0 aliphatic heterocycles. The molecule has 132 valence electrons. The molecule has 2 N–H and O–H groups in total. The Morgan fingerprint density at radius 3 is 2.44 bits per heavy atom. The molecule has 0 heterocycles. The number of urea groups is 1. The molecule has 0 radical (unpaired) electrons. The predicted octanol–water partition coefficient (Wildman–Crippen LogP) is 3.29. The van der Waals surface area contributed by atoms with E-state index in [1.807, 2.05) is 32.0 Å². The van der Waals surface area contributed by atoms with Gasteiger partial charge in [-0.2, -0.15) is 0 Å². The van der Waals surface area contributed by atoms with Crippen molar-refractivity contribution in [3.05, 3.63) is 59.2 Å². The van der Waals surface area contributed by atoms with E-state index >= 15 is 0 Å². The molecule has 2 rings (SSSR count). The zero-order valence-corrected chi connectivity index (χ0v) is 14.6. The molecular formula is C19H22N2O4. The second kappa shape index (κ2) is 8.73. The summed E-state index contributed by atoms with van der Waals surface area (Å²) in [4.78, 5) is 23.2. The number of benzene rings is 2. The number of carbonyl (C=O) groups excluding carboxylic acids is 2. The lowest BCUT2D eigenvalue weighted by Crippen LogP contribution is -2.32. The summed E-state index contributed by atoms with van der Waals surface area (Å²) < 4.78 is 10.3. The smallest absolute Gasteiger partial charge is 0.337 e. The lowest BCUT2D eigenvalue weighted by Gasteiger charge is -2.11. The van der Waals surface area contributed by atoms with E-state index < -0.39 is 5.97 Å². The third kappa shape index (κ3) is 5.53. The number of hydrogen-bond donors (Lipinski definition) is 2. The number of nitrogens with one attached hydrogen (secondary N) is 2. The Morgan fingerprint density at radius 2 is 1.76 bits per heavy atom. The van der Waals surface area contributed by atoms with Crippen molar-refractivity contribution in [3.63, 3.8) is 0 Å². The minimum absolute atomic E-state index is 0.338. The van der Waals surface area contributed by atoms with Crippen LogP contribution in [0, 0.1) is 13.8 Å². The van der Waals surface area contributed by atoms with Gasteiger partial charge < -0.3 is 20.1 Å². The first-order valence-electron chi connectivity index (χ1n) is 7.93. The van der Waals surface area contributed by atoms with Gasteiger partial charge in [0, 0.05) is 5.69 Å². The lowest BCUT2D eigenvalue weighted by molar-refractivity contribution is 0.0600. The molecule has 0 saturated heterocycles. The van der Waals surface area contributed by atoms with Crippen molar-refractivity contribution in [2.45, 2.75) is 13.8 Å². The van der Waals surface area contributed by atoms with Gasteiger partial charge in [0.1, 0.15) is 12.4 Å². The van der Waals surface area contributed by atoms with Crippen LogP contribution in [0.2, 0.25) is 0 Å². The van der Waals surface area contributed by atoms with Crippen LogP contribution in [0.4, 0.5) is 10.5 Å². The van der Waals surface area contributed by atoms with Crippen LogP contribution < -0.4 is 15.4 Å². The molecule has 6 nitrogen and oxygen atoms in total. The van der Waals surface area contributed by atoms with Crippen LogP contribution in [-0.2, 0) is 4.74 Å². The molecule has 6 heteroatoms. The Kier molecular flexibility index (Phi) is 6.39. The van der Waals surface area contributed by atoms with E-state index in [0.717, 1.165) is 16.9 Å². The summed E-state index contributed by atoms with van der Waals surface area (Å²) in [6.07, 6.45) is 0. The Labute approximate surface area is 147 Å². The Bertz CT molecular complexity index is 742. The van der Waals surface area contributed by atoms with Gasteiger partial charge in [-0.15, -0.1) is 0 Å². The third-order valence-corrected chi connectivity index (χ3v) is 3.55. The molecule has 0 atom stereocenters. The Hall–Kier alpha value is -3.02. The summed E-state index contributed by atoms with van der Waals surface area (Å²) in [5.74, 6) is 0.403. The second-order valence-electron chi connectivity index (χ2n) is 5.57. The van der Waals surface area contributed by atoms with Crippen LogP contribution >= 0.6 is 0 Å². The number of hydrogen-bond acceptors (Lipinski definition) is 4. The molecule has 0 aliphatic carbocycles. The average molecular weight is 342 g/mol. The maximum atomic E-state index is 11.9. The summed E-state index contributed by atoms with van der Waals surface area (Å²) >= 11 is 0. The van der Waals surface area contributed by atoms with Crippen LogP contribution in [0.25, 0.3) is 0 Å². The first-order valence-corrected chi connectivity index (χ1v) is 7.93. The normalized spacial score (nSPS) is 10.0. The van der Waals surface area contributed by atoms with E-state index in [9.17, 15) is 9.59 Å². The highest BCUT2D eigenvalue weighted by atomic mass is 16.5. The fourth-order valence-electron chi connectivity index (χ4n) is 2.17. The molecule has 25 heavy (non-hydrogen) atoms. The highest BCUT2D eigenvalue weighted by Gasteiger charge is 2.06. The predicted molar refractivity (Wildman–Crippen MR) is 96.2 cm³/mol. The Morgan fingerprint density at radius 1 is 1.04 bits per heavy atom. The maximum Gasteiger partial charge on any atom is 0.337 e. The molecular weight excluding hydrogens is 320 g/mol. The first-order chi connectivity index (χ1) is 12.0. The molecule has 0 unspecified atom stereocenters. The van der Waals surface area contributed by atoms with Crippen LogP contribution in [0.3, 0.4) is 0 Å². The number of rotatable bonds is 6. The fourth-order valence-corrected chi connectivity index (χ4v) is 2.17. The molecule has 0 bridgehead atoms. The lowest BCUT2D eigenvalue weighted by atomic mass is 10.1. The maximum absolute atomic E-state index is 11.9. The van der Waals surface area contributed by atoms with Crippen molar-refractivity contribution in [1.82, 2.24) is 5.32 Å². The van der Waals surface area contributed by atoms with E-state index in [4.69, 9.17) is 4.74 Å². The number of amides is 2. The highest BCUT2D eigenvalue weighted by molar-refractivity contribution is 5.92. The highest BCUT2D eigenvalue weighted by Crippen LogP contribution is 2.18. The van der Waals surface area contributed by atoms with Crippen molar-refractivity contribution < 1.29 is 19.1 Å². The van der Waals surface area contributed by atoms with Gasteiger partial charge in [0.25, 0.3) is 0 Å². The number of methoxy groups -OCH3 is 1. The van der Waals surface area contributed by atoms with Gasteiger partial charge in [-0.05, 0) is 55.3 Å². The quantitative estimate of drug-likeness (QED) is 0.624. The van der Waals surface area contributed by atoms with Gasteiger partial charge >= 0.3 is 12.0 Å². The van der Waals surface area contributed by atoms with E-state index in [-0.39, 0.29) is 6.03 Å². The SMILES string of the molecule is COC(=O)c1ccc(NC(=O)NCCOc2cc(C)ccc2C)cc1. The largest absolute Gasteiger partial charge is 0.491 e. The molecule has 0 aliphatic rings. The first kappa shape index (κ1) is 18.3. The zero-order chi connectivity index (χ0) is 18.2. The average Bonchev–Trinajstić information content (AvgIpc) is 2.61.